The smallest absolute Gasteiger partial charge is 0.475 e. The summed E-state index contributed by atoms with van der Waals surface area (Å²) in [6.45, 7) is 1.15. The zero-order chi connectivity index (χ0) is 26.7. The van der Waals surface area contributed by atoms with Crippen molar-refractivity contribution < 1.29 is 36.2 Å². The highest BCUT2D eigenvalue weighted by atomic mass is 19.4. The summed E-state index contributed by atoms with van der Waals surface area (Å²) in [6, 6.07) is 3.44. The van der Waals surface area contributed by atoms with Crippen LogP contribution < -0.4 is 10.2 Å². The molecule has 198 valence electrons. The average Bonchev–Trinajstić information content (AvgIpc) is 3.67. The highest BCUT2D eigenvalue weighted by Crippen LogP contribution is 2.38. The number of halogens is 6. The van der Waals surface area contributed by atoms with Gasteiger partial charge < -0.3 is 15.3 Å². The molecule has 8 nitrogen and oxygen atoms in total. The van der Waals surface area contributed by atoms with Crippen LogP contribution in [-0.2, 0) is 4.79 Å². The van der Waals surface area contributed by atoms with Gasteiger partial charge in [-0.15, -0.1) is 0 Å². The molecule has 2 N–H and O–H groups in total. The number of fused-ring (bicyclic) bond motifs is 1. The monoisotopic (exact) mass is 528 g/mol. The van der Waals surface area contributed by atoms with Gasteiger partial charge in [0.1, 0.15) is 28.8 Å². The molecule has 0 radical (unpaired) electrons. The Morgan fingerprint density at radius 3 is 2.16 bits per heavy atom. The second-order valence-corrected chi connectivity index (χ2v) is 8.77. The molecule has 3 heterocycles. The molecule has 2 fully saturated rings. The normalized spacial score (nSPS) is 17.2. The highest BCUT2D eigenvalue weighted by molar-refractivity contribution is 5.79. The predicted octanol–water partition coefficient (Wildman–Crippen LogP) is 4.83. The summed E-state index contributed by atoms with van der Waals surface area (Å²) in [7, 11) is 0. The van der Waals surface area contributed by atoms with Crippen LogP contribution in [-0.4, -0.2) is 56.5 Å². The summed E-state index contributed by atoms with van der Waals surface area (Å²) in [5, 5.41) is 18.3. The van der Waals surface area contributed by atoms with Gasteiger partial charge in [0.25, 0.3) is 0 Å². The van der Waals surface area contributed by atoms with Crippen LogP contribution in [0, 0.1) is 17.6 Å². The molecule has 1 aliphatic heterocycles. The fourth-order valence-electron chi connectivity index (χ4n) is 3.94. The molecule has 1 saturated carbocycles. The number of hydrogen-bond acceptors (Lipinski definition) is 7. The van der Waals surface area contributed by atoms with Gasteiger partial charge in [-0.05, 0) is 37.7 Å². The van der Waals surface area contributed by atoms with Crippen molar-refractivity contribution in [3.05, 3.63) is 47.8 Å². The predicted molar refractivity (Wildman–Crippen MR) is 121 cm³/mol. The lowest BCUT2D eigenvalue weighted by Crippen LogP contribution is -2.36. The molecule has 2 aromatic heterocycles. The molecule has 1 saturated heterocycles. The number of aliphatic carboxylic acids is 1. The zero-order valence-electron chi connectivity index (χ0n) is 19.2. The second kappa shape index (κ2) is 10.7. The molecule has 0 bridgehead atoms. The number of aromatic nitrogens is 4. The Morgan fingerprint density at radius 2 is 1.62 bits per heavy atom. The van der Waals surface area contributed by atoms with E-state index in [2.05, 4.69) is 25.4 Å². The van der Waals surface area contributed by atoms with E-state index in [0.29, 0.717) is 48.8 Å². The molecule has 0 amide bonds. The molecule has 1 aliphatic carbocycles. The van der Waals surface area contributed by atoms with Crippen molar-refractivity contribution in [2.24, 2.45) is 5.92 Å². The molecular weight excluding hydrogens is 506 g/mol. The van der Waals surface area contributed by atoms with E-state index in [0.717, 1.165) is 30.8 Å². The van der Waals surface area contributed by atoms with Gasteiger partial charge in [-0.1, -0.05) is 6.07 Å². The lowest BCUT2D eigenvalue weighted by atomic mass is 9.88. The Balaban J connectivity index is 0.000000405. The summed E-state index contributed by atoms with van der Waals surface area (Å²) in [5.41, 5.74) is 1.25. The van der Waals surface area contributed by atoms with Crippen molar-refractivity contribution in [2.45, 2.75) is 44.1 Å². The van der Waals surface area contributed by atoms with E-state index in [1.807, 2.05) is 0 Å². The molecule has 14 heteroatoms. The summed E-state index contributed by atoms with van der Waals surface area (Å²) >= 11 is 0. The van der Waals surface area contributed by atoms with Crippen LogP contribution in [0.15, 0.2) is 30.6 Å². The van der Waals surface area contributed by atoms with E-state index in [9.17, 15) is 26.3 Å². The lowest BCUT2D eigenvalue weighted by molar-refractivity contribution is -0.192. The van der Waals surface area contributed by atoms with Gasteiger partial charge in [-0.25, -0.2) is 27.9 Å². The fraction of sp³-hybridized carbons (Fsp3) is 0.435. The molecule has 1 atom stereocenters. The molecule has 2 aliphatic rings. The molecule has 3 aromatic rings. The van der Waals surface area contributed by atoms with Gasteiger partial charge in [0, 0.05) is 30.8 Å². The number of nitrogens with one attached hydrogen (secondary N) is 1. The number of carboxylic acid groups (broad SMARTS) is 1. The Hall–Kier alpha value is -3.71. The third-order valence-electron chi connectivity index (χ3n) is 6.03. The average molecular weight is 528 g/mol. The third kappa shape index (κ3) is 6.54. The summed E-state index contributed by atoms with van der Waals surface area (Å²) in [6.07, 6.45) is -0.111. The molecule has 1 aromatic carbocycles. The number of anilines is 2. The number of alkyl halides is 4. The van der Waals surface area contributed by atoms with Gasteiger partial charge in [0.15, 0.2) is 11.6 Å². The number of carbonyl (C=O) groups is 1. The van der Waals surface area contributed by atoms with E-state index in [-0.39, 0.29) is 11.5 Å². The van der Waals surface area contributed by atoms with E-state index in [4.69, 9.17) is 14.9 Å². The third-order valence-corrected chi connectivity index (χ3v) is 6.03. The maximum Gasteiger partial charge on any atom is 0.490 e. The first-order chi connectivity index (χ1) is 17.5. The van der Waals surface area contributed by atoms with Crippen molar-refractivity contribution >= 4 is 28.6 Å². The van der Waals surface area contributed by atoms with Crippen molar-refractivity contribution in [3.8, 4) is 0 Å². The van der Waals surface area contributed by atoms with Gasteiger partial charge in [-0.3, -0.25) is 0 Å². The Bertz CT molecular complexity index is 1260. The van der Waals surface area contributed by atoms with Crippen LogP contribution in [0.5, 0.6) is 0 Å². The molecule has 37 heavy (non-hydrogen) atoms. The first-order valence-electron chi connectivity index (χ1n) is 11.4. The first-order valence-corrected chi connectivity index (χ1v) is 11.4. The zero-order valence-corrected chi connectivity index (χ0v) is 19.2. The van der Waals surface area contributed by atoms with Crippen LogP contribution in [0.4, 0.5) is 38.0 Å². The number of benzene rings is 1. The van der Waals surface area contributed by atoms with E-state index in [1.54, 1.807) is 12.4 Å². The first kappa shape index (κ1) is 26.4. The van der Waals surface area contributed by atoms with E-state index < -0.39 is 30.0 Å². The standard InChI is InChI=1S/C21H21F3N6.C2HF3O2/c22-13-1-4-15(16(23)9-13)19(24)12-5-7-30(8-6-12)21-20(27-14-2-3-14)28-17-10-25-26-11-18(17)29-21;3-2(4,5)1(6)7/h1,4,9-12,14,19H,2-3,5-8H2,(H,27,28);(H,6,7)/t19-;/m1./s1. The fourth-order valence-corrected chi connectivity index (χ4v) is 3.94. The lowest BCUT2D eigenvalue weighted by Gasteiger charge is -2.35. The van der Waals surface area contributed by atoms with Gasteiger partial charge in [0.05, 0.1) is 12.4 Å². The van der Waals surface area contributed by atoms with E-state index >= 15 is 0 Å². The van der Waals surface area contributed by atoms with Gasteiger partial charge >= 0.3 is 12.1 Å². The number of hydrogen-bond donors (Lipinski definition) is 2. The van der Waals surface area contributed by atoms with E-state index in [1.165, 1.54) is 6.07 Å². The molecular formula is C23H22F6N6O2. The summed E-state index contributed by atoms with van der Waals surface area (Å²) in [5.74, 6) is -3.19. The van der Waals surface area contributed by atoms with Crippen molar-refractivity contribution in [2.75, 3.05) is 23.3 Å². The number of carboxylic acids is 1. The molecule has 0 spiro atoms. The minimum absolute atomic E-state index is 0.0741. The highest BCUT2D eigenvalue weighted by Gasteiger charge is 2.38. The summed E-state index contributed by atoms with van der Waals surface area (Å²) in [4.78, 5) is 20.4. The SMILES string of the molecule is Fc1ccc([C@H](F)C2CCN(c3nc4cnncc4nc3NC3CC3)CC2)c(F)c1.O=C(O)C(F)(F)F. The van der Waals surface area contributed by atoms with Crippen molar-refractivity contribution in [3.63, 3.8) is 0 Å². The minimum Gasteiger partial charge on any atom is -0.475 e. The molecule has 0 unspecified atom stereocenters. The van der Waals surface area contributed by atoms with Crippen LogP contribution in [0.25, 0.3) is 11.0 Å². The number of rotatable bonds is 5. The number of nitrogens with zero attached hydrogens (tertiary/aromatic N) is 5. The van der Waals surface area contributed by atoms with Crippen LogP contribution in [0.1, 0.15) is 37.4 Å². The second-order valence-electron chi connectivity index (χ2n) is 8.77. The largest absolute Gasteiger partial charge is 0.490 e. The minimum atomic E-state index is -5.08. The molecule has 5 rings (SSSR count). The number of piperidine rings is 1. The Morgan fingerprint density at radius 1 is 1.03 bits per heavy atom. The topological polar surface area (TPSA) is 104 Å². The summed E-state index contributed by atoms with van der Waals surface area (Å²) < 4.78 is 73.8. The van der Waals surface area contributed by atoms with Crippen molar-refractivity contribution in [1.82, 2.24) is 20.2 Å². The van der Waals surface area contributed by atoms with Gasteiger partial charge in [0.2, 0.25) is 0 Å². The van der Waals surface area contributed by atoms with Crippen LogP contribution in [0.3, 0.4) is 0 Å². The van der Waals surface area contributed by atoms with Crippen LogP contribution in [0.2, 0.25) is 0 Å². The quantitative estimate of drug-likeness (QED) is 0.454. The van der Waals surface area contributed by atoms with Crippen molar-refractivity contribution in [1.29, 1.82) is 0 Å². The maximum absolute atomic E-state index is 15.0. The maximum atomic E-state index is 15.0. The Labute approximate surface area is 206 Å². The van der Waals surface area contributed by atoms with Gasteiger partial charge in [-0.2, -0.15) is 23.4 Å². The Kier molecular flexibility index (Phi) is 7.64. The van der Waals surface area contributed by atoms with Crippen LogP contribution >= 0.6 is 0 Å².